The van der Waals surface area contributed by atoms with E-state index in [0.29, 0.717) is 0 Å². The zero-order valence-electron chi connectivity index (χ0n) is 9.19. The molecule has 19 heavy (non-hydrogen) atoms. The Labute approximate surface area is 151 Å². The number of nitrogens with zero attached hydrogens (tertiary/aromatic N) is 2. The van der Waals surface area contributed by atoms with Gasteiger partial charge in [0.05, 0.1) is 11.1 Å². The second-order valence-electron chi connectivity index (χ2n) is 3.38. The summed E-state index contributed by atoms with van der Waals surface area (Å²) in [5.74, 6) is -1.75. The molecule has 2 rings (SSSR count). The molecule has 0 radical (unpaired) electrons. The zero-order valence-corrected chi connectivity index (χ0v) is 9.19. The Hall–Kier alpha value is -1.12. The summed E-state index contributed by atoms with van der Waals surface area (Å²) in [5.41, 5.74) is 0.187. The van der Waals surface area contributed by atoms with Crippen molar-refractivity contribution in [3.8, 4) is 0 Å². The Balaban J connectivity index is 0.00000180. The Morgan fingerprint density at radius 3 is 2.58 bits per heavy atom. The molecule has 7 heteroatoms. The number of hydrogen-bond donors (Lipinski definition) is 1. The predicted octanol–water partition coefficient (Wildman–Crippen LogP) is -0.312. The molecule has 0 unspecified atom stereocenters. The molecule has 1 heterocycles. The molecule has 1 N–H and O–H groups in total. The van der Waals surface area contributed by atoms with Crippen LogP contribution in [0.1, 0.15) is 20.7 Å². The minimum atomic E-state index is -1.10. The molecule has 0 aliphatic heterocycles. The first kappa shape index (κ1) is 15.9. The van der Waals surface area contributed by atoms with Crippen molar-refractivity contribution in [3.63, 3.8) is 0 Å². The summed E-state index contributed by atoms with van der Waals surface area (Å²) in [5, 5.41) is 8.81. The molecule has 6 nitrogen and oxygen atoms in total. The van der Waals surface area contributed by atoms with Gasteiger partial charge in [0.25, 0.3) is 0 Å². The van der Waals surface area contributed by atoms with E-state index in [4.69, 9.17) is 9.94 Å². The van der Waals surface area contributed by atoms with E-state index in [1.807, 2.05) is 0 Å². The Bertz CT molecular complexity index is 589. The standard InChI is InChI=1S/C12H8N2O4.K.H/c15-11(16)9-3-1-4-10(7-9)12(17)18-14-6-2-5-13-8-14;;/h1-8H;;/p+1. The van der Waals surface area contributed by atoms with Crippen molar-refractivity contribution < 1.29 is 24.3 Å². The van der Waals surface area contributed by atoms with Gasteiger partial charge in [-0.25, -0.2) is 9.59 Å². The molecule has 92 valence electrons. The van der Waals surface area contributed by atoms with Crippen LogP contribution >= 0.6 is 0 Å². The average molecular weight is 285 g/mol. The van der Waals surface area contributed by atoms with Crippen LogP contribution in [0.2, 0.25) is 0 Å². The number of carboxylic acid groups (broad SMARTS) is 1. The van der Waals surface area contributed by atoms with Crippen molar-refractivity contribution >= 4 is 63.3 Å². The molecule has 0 spiro atoms. The second-order valence-corrected chi connectivity index (χ2v) is 3.38. The number of aromatic carboxylic acids is 1. The van der Waals surface area contributed by atoms with Gasteiger partial charge in [0, 0.05) is 6.07 Å². The molecular weight excluding hydrogens is 275 g/mol. The van der Waals surface area contributed by atoms with Crippen molar-refractivity contribution in [2.24, 2.45) is 0 Å². The summed E-state index contributed by atoms with van der Waals surface area (Å²) >= 11 is 0. The average Bonchev–Trinajstić information content (AvgIpc) is 2.40. The molecule has 0 atom stereocenters. The molecule has 1 aromatic carbocycles. The van der Waals surface area contributed by atoms with Gasteiger partial charge < -0.3 is 5.11 Å². The topological polar surface area (TPSA) is 80.4 Å². The van der Waals surface area contributed by atoms with E-state index in [1.165, 1.54) is 43.0 Å². The first-order valence-electron chi connectivity index (χ1n) is 5.04. The van der Waals surface area contributed by atoms with E-state index in [2.05, 4.69) is 4.98 Å². The normalized spacial score (nSPS) is 9.26. The van der Waals surface area contributed by atoms with Crippen molar-refractivity contribution in [1.82, 2.24) is 4.98 Å². The summed E-state index contributed by atoms with van der Waals surface area (Å²) in [6.07, 6.45) is 4.36. The minimum absolute atomic E-state index is 0. The molecular formula is C12H10KN2O4+. The quantitative estimate of drug-likeness (QED) is 0.618. The zero-order chi connectivity index (χ0) is 13.0. The third-order valence-electron chi connectivity index (χ3n) is 2.12. The maximum atomic E-state index is 11.7. The molecule has 0 aliphatic carbocycles. The Kier molecular flexibility index (Phi) is 6.26. The SMILES string of the molecule is O=C(O)c1cccc(C(=O)O[n+]2cccnc2)c1.[KH]. The second kappa shape index (κ2) is 7.46. The number of rotatable bonds is 3. The van der Waals surface area contributed by atoms with Crippen molar-refractivity contribution in [2.75, 3.05) is 0 Å². The van der Waals surface area contributed by atoms with Gasteiger partial charge in [-0.2, -0.15) is 0 Å². The van der Waals surface area contributed by atoms with Gasteiger partial charge in [-0.1, -0.05) is 11.1 Å². The van der Waals surface area contributed by atoms with E-state index >= 15 is 0 Å². The molecule has 0 fully saturated rings. The number of carbonyl (C=O) groups is 2. The van der Waals surface area contributed by atoms with Crippen LogP contribution in [0.15, 0.2) is 49.1 Å². The molecule has 2 aromatic rings. The summed E-state index contributed by atoms with van der Waals surface area (Å²) in [6.45, 7) is 0. The fourth-order valence-electron chi connectivity index (χ4n) is 1.30. The van der Waals surface area contributed by atoms with Crippen LogP contribution in [-0.4, -0.2) is 73.4 Å². The van der Waals surface area contributed by atoms with Crippen LogP contribution in [0.5, 0.6) is 0 Å². The fraction of sp³-hybridized carbons (Fsp3) is 0. The number of hydrogen-bond acceptors (Lipinski definition) is 4. The van der Waals surface area contributed by atoms with E-state index in [9.17, 15) is 9.59 Å². The number of carbonyl (C=O) groups excluding carboxylic acids is 1. The van der Waals surface area contributed by atoms with Crippen molar-refractivity contribution in [3.05, 3.63) is 60.2 Å². The molecule has 1 aromatic heterocycles. The summed E-state index contributed by atoms with van der Waals surface area (Å²) in [7, 11) is 0. The van der Waals surface area contributed by atoms with E-state index in [0.717, 1.165) is 4.73 Å². The number of benzene rings is 1. The van der Waals surface area contributed by atoms with Gasteiger partial charge in [0.1, 0.15) is 12.4 Å². The molecule has 0 amide bonds. The van der Waals surface area contributed by atoms with Crippen molar-refractivity contribution in [1.29, 1.82) is 0 Å². The van der Waals surface area contributed by atoms with Gasteiger partial charge >= 0.3 is 69.7 Å². The Morgan fingerprint density at radius 2 is 1.95 bits per heavy atom. The molecule has 0 aliphatic rings. The Morgan fingerprint density at radius 1 is 1.21 bits per heavy atom. The number of aromatic nitrogens is 2. The maximum absolute atomic E-state index is 11.7. The first-order chi connectivity index (χ1) is 8.66. The van der Waals surface area contributed by atoms with Gasteiger partial charge in [-0.15, -0.1) is 0 Å². The van der Waals surface area contributed by atoms with Crippen LogP contribution in [0.4, 0.5) is 0 Å². The van der Waals surface area contributed by atoms with Crippen LogP contribution in [-0.2, 0) is 0 Å². The van der Waals surface area contributed by atoms with Crippen molar-refractivity contribution in [2.45, 2.75) is 0 Å². The van der Waals surface area contributed by atoms with Crippen LogP contribution in [0.25, 0.3) is 0 Å². The summed E-state index contributed by atoms with van der Waals surface area (Å²) in [4.78, 5) is 31.2. The van der Waals surface area contributed by atoms with Gasteiger partial charge in [0.15, 0.2) is 0 Å². The van der Waals surface area contributed by atoms with Gasteiger partial charge in [-0.3, -0.25) is 4.84 Å². The third-order valence-corrected chi connectivity index (χ3v) is 2.12. The third kappa shape index (κ3) is 4.48. The monoisotopic (exact) mass is 285 g/mol. The van der Waals surface area contributed by atoms with Gasteiger partial charge in [0.2, 0.25) is 0 Å². The predicted molar refractivity (Wildman–Crippen MR) is 65.9 cm³/mol. The molecule has 0 saturated heterocycles. The molecule has 0 saturated carbocycles. The van der Waals surface area contributed by atoms with E-state index < -0.39 is 11.9 Å². The van der Waals surface area contributed by atoms with Gasteiger partial charge in [-0.05, 0) is 22.9 Å². The fourth-order valence-corrected chi connectivity index (χ4v) is 1.30. The van der Waals surface area contributed by atoms with E-state index in [-0.39, 0.29) is 62.5 Å². The van der Waals surface area contributed by atoms with Crippen LogP contribution in [0, 0.1) is 0 Å². The summed E-state index contributed by atoms with van der Waals surface area (Å²) < 4.78 is 1.13. The molecule has 0 bridgehead atoms. The number of carboxylic acids is 1. The first-order valence-corrected chi connectivity index (χ1v) is 5.04. The van der Waals surface area contributed by atoms with Crippen LogP contribution < -0.4 is 9.57 Å². The summed E-state index contributed by atoms with van der Waals surface area (Å²) in [6, 6.07) is 7.21. The van der Waals surface area contributed by atoms with Crippen LogP contribution in [0.3, 0.4) is 0 Å². The van der Waals surface area contributed by atoms with E-state index in [1.54, 1.807) is 6.07 Å².